The lowest BCUT2D eigenvalue weighted by atomic mass is 10.1. The van der Waals surface area contributed by atoms with Gasteiger partial charge in [-0.05, 0) is 42.5 Å². The number of fused-ring (bicyclic) bond motifs is 1. The lowest BCUT2D eigenvalue weighted by molar-refractivity contribution is -0.117. The molecule has 1 amide bonds. The Morgan fingerprint density at radius 3 is 2.54 bits per heavy atom. The number of carbonyl (C=O) groups excluding carboxylic acids is 1. The van der Waals surface area contributed by atoms with Crippen molar-refractivity contribution in [1.82, 2.24) is 19.4 Å². The van der Waals surface area contributed by atoms with E-state index < -0.39 is 5.56 Å². The molecule has 0 saturated carbocycles. The number of nitrogens with zero attached hydrogens (tertiary/aromatic N) is 4. The van der Waals surface area contributed by atoms with Gasteiger partial charge in [0.2, 0.25) is 5.91 Å². The van der Waals surface area contributed by atoms with Gasteiger partial charge in [0.25, 0.3) is 5.56 Å². The Kier molecular flexibility index (Phi) is 4.97. The van der Waals surface area contributed by atoms with Crippen LogP contribution in [-0.2, 0) is 11.3 Å². The number of carbonyl (C=O) groups is 1. The van der Waals surface area contributed by atoms with Crippen LogP contribution in [0.3, 0.4) is 0 Å². The molecule has 140 valence electrons. The molecule has 0 atom stereocenters. The second kappa shape index (κ2) is 7.57. The van der Waals surface area contributed by atoms with E-state index in [9.17, 15) is 9.59 Å². The van der Waals surface area contributed by atoms with Crippen LogP contribution in [0.5, 0.6) is 0 Å². The number of anilines is 1. The summed E-state index contributed by atoms with van der Waals surface area (Å²) in [6, 6.07) is 16.0. The van der Waals surface area contributed by atoms with Gasteiger partial charge in [-0.15, -0.1) is 0 Å². The molecular weight excluding hydrogens is 446 g/mol. The third kappa shape index (κ3) is 3.83. The summed E-state index contributed by atoms with van der Waals surface area (Å²) in [5.74, 6) is -0.367. The molecule has 2 aromatic heterocycles. The Morgan fingerprint density at radius 1 is 1.11 bits per heavy atom. The first-order chi connectivity index (χ1) is 13.5. The standard InChI is InChI=1S/C19H13BrClN5O2/c20-13-3-1-12(2-4-13)16-9-17-19(28)25(22-11-26(17)24-16)10-18(27)23-15-7-5-14(21)6-8-15/h1-9,11H,10H2,(H,23,27). The third-order valence-electron chi connectivity index (χ3n) is 4.05. The lowest BCUT2D eigenvalue weighted by Crippen LogP contribution is -2.30. The smallest absolute Gasteiger partial charge is 0.293 e. The van der Waals surface area contributed by atoms with Crippen molar-refractivity contribution in [2.24, 2.45) is 0 Å². The molecule has 0 aliphatic carbocycles. The highest BCUT2D eigenvalue weighted by atomic mass is 79.9. The van der Waals surface area contributed by atoms with E-state index in [2.05, 4.69) is 31.4 Å². The second-order valence-corrected chi connectivity index (χ2v) is 7.37. The molecule has 0 bridgehead atoms. The van der Waals surface area contributed by atoms with Crippen LogP contribution in [0, 0.1) is 0 Å². The number of halogens is 2. The summed E-state index contributed by atoms with van der Waals surface area (Å²) in [4.78, 5) is 24.9. The van der Waals surface area contributed by atoms with Crippen LogP contribution >= 0.6 is 27.5 Å². The van der Waals surface area contributed by atoms with Gasteiger partial charge in [-0.2, -0.15) is 10.2 Å². The molecule has 4 rings (SSSR count). The molecule has 1 N–H and O–H groups in total. The van der Waals surface area contributed by atoms with Gasteiger partial charge in [0.15, 0.2) is 0 Å². The van der Waals surface area contributed by atoms with Crippen molar-refractivity contribution in [1.29, 1.82) is 0 Å². The Hall–Kier alpha value is -2.97. The molecule has 7 nitrogen and oxygen atoms in total. The number of rotatable bonds is 4. The van der Waals surface area contributed by atoms with Crippen LogP contribution in [0.15, 0.2) is 70.2 Å². The Morgan fingerprint density at radius 2 is 1.82 bits per heavy atom. The summed E-state index contributed by atoms with van der Waals surface area (Å²) in [6.45, 7) is -0.212. The van der Waals surface area contributed by atoms with E-state index in [0.717, 1.165) is 14.7 Å². The third-order valence-corrected chi connectivity index (χ3v) is 4.83. The zero-order valence-electron chi connectivity index (χ0n) is 14.3. The summed E-state index contributed by atoms with van der Waals surface area (Å²) in [6.07, 6.45) is 1.41. The van der Waals surface area contributed by atoms with Crippen molar-refractivity contribution in [3.8, 4) is 11.3 Å². The molecule has 2 aromatic carbocycles. The maximum Gasteiger partial charge on any atom is 0.293 e. The largest absolute Gasteiger partial charge is 0.324 e. The molecule has 0 saturated heterocycles. The normalized spacial score (nSPS) is 10.9. The van der Waals surface area contributed by atoms with Crippen molar-refractivity contribution in [3.05, 3.63) is 80.8 Å². The van der Waals surface area contributed by atoms with Crippen LogP contribution in [0.4, 0.5) is 5.69 Å². The van der Waals surface area contributed by atoms with E-state index in [1.54, 1.807) is 30.3 Å². The van der Waals surface area contributed by atoms with Crippen molar-refractivity contribution in [2.45, 2.75) is 6.54 Å². The fraction of sp³-hybridized carbons (Fsp3) is 0.0526. The number of nitrogens with one attached hydrogen (secondary N) is 1. The summed E-state index contributed by atoms with van der Waals surface area (Å²) < 4.78 is 3.47. The van der Waals surface area contributed by atoms with Gasteiger partial charge < -0.3 is 5.32 Å². The fourth-order valence-corrected chi connectivity index (χ4v) is 3.07. The maximum absolute atomic E-state index is 12.7. The van der Waals surface area contributed by atoms with E-state index in [4.69, 9.17) is 11.6 Å². The molecule has 0 unspecified atom stereocenters. The van der Waals surface area contributed by atoms with Crippen LogP contribution in [0.1, 0.15) is 0 Å². The van der Waals surface area contributed by atoms with Crippen LogP contribution in [0.25, 0.3) is 16.8 Å². The number of hydrogen-bond donors (Lipinski definition) is 1. The van der Waals surface area contributed by atoms with Gasteiger partial charge in [-0.25, -0.2) is 9.20 Å². The minimum atomic E-state index is -0.399. The quantitative estimate of drug-likeness (QED) is 0.506. The highest BCUT2D eigenvalue weighted by molar-refractivity contribution is 9.10. The molecular formula is C19H13BrClN5O2. The van der Waals surface area contributed by atoms with E-state index in [1.165, 1.54) is 10.8 Å². The Balaban J connectivity index is 1.59. The molecule has 2 heterocycles. The predicted octanol–water partition coefficient (Wildman–Crippen LogP) is 3.61. The zero-order chi connectivity index (χ0) is 19.7. The van der Waals surface area contributed by atoms with Gasteiger partial charge >= 0.3 is 0 Å². The molecule has 0 radical (unpaired) electrons. The van der Waals surface area contributed by atoms with Gasteiger partial charge in [0, 0.05) is 20.7 Å². The fourth-order valence-electron chi connectivity index (χ4n) is 2.68. The Bertz CT molecular complexity index is 1220. The average molecular weight is 459 g/mol. The van der Waals surface area contributed by atoms with Crippen molar-refractivity contribution in [3.63, 3.8) is 0 Å². The summed E-state index contributed by atoms with van der Waals surface area (Å²) in [5, 5.41) is 11.7. The number of amides is 1. The van der Waals surface area contributed by atoms with Crippen molar-refractivity contribution >= 4 is 44.6 Å². The zero-order valence-corrected chi connectivity index (χ0v) is 16.7. The molecule has 9 heteroatoms. The van der Waals surface area contributed by atoms with Crippen LogP contribution < -0.4 is 10.9 Å². The molecule has 0 aliphatic heterocycles. The minimum absolute atomic E-state index is 0.212. The second-order valence-electron chi connectivity index (χ2n) is 6.02. The van der Waals surface area contributed by atoms with E-state index in [-0.39, 0.29) is 12.5 Å². The lowest BCUT2D eigenvalue weighted by Gasteiger charge is -2.06. The van der Waals surface area contributed by atoms with E-state index in [0.29, 0.717) is 21.9 Å². The van der Waals surface area contributed by atoms with Crippen molar-refractivity contribution in [2.75, 3.05) is 5.32 Å². The van der Waals surface area contributed by atoms with Gasteiger partial charge in [0.1, 0.15) is 18.4 Å². The molecule has 0 aliphatic rings. The summed E-state index contributed by atoms with van der Waals surface area (Å²) >= 11 is 9.22. The van der Waals surface area contributed by atoms with Gasteiger partial charge in [-0.1, -0.05) is 39.7 Å². The Labute approximate surface area is 172 Å². The monoisotopic (exact) mass is 457 g/mol. The van der Waals surface area contributed by atoms with Crippen LogP contribution in [-0.4, -0.2) is 25.3 Å². The van der Waals surface area contributed by atoms with E-state index >= 15 is 0 Å². The summed E-state index contributed by atoms with van der Waals surface area (Å²) in [5.41, 5.74) is 2.05. The van der Waals surface area contributed by atoms with Crippen LogP contribution in [0.2, 0.25) is 5.02 Å². The van der Waals surface area contributed by atoms with E-state index in [1.807, 2.05) is 24.3 Å². The predicted molar refractivity (Wildman–Crippen MR) is 110 cm³/mol. The molecule has 28 heavy (non-hydrogen) atoms. The first-order valence-corrected chi connectivity index (χ1v) is 9.43. The van der Waals surface area contributed by atoms with Crippen molar-refractivity contribution < 1.29 is 4.79 Å². The topological polar surface area (TPSA) is 81.3 Å². The minimum Gasteiger partial charge on any atom is -0.324 e. The molecule has 0 spiro atoms. The number of aromatic nitrogens is 4. The number of hydrogen-bond acceptors (Lipinski definition) is 4. The molecule has 4 aromatic rings. The van der Waals surface area contributed by atoms with Gasteiger partial charge in [-0.3, -0.25) is 9.59 Å². The highest BCUT2D eigenvalue weighted by Gasteiger charge is 2.12. The first-order valence-electron chi connectivity index (χ1n) is 8.26. The van der Waals surface area contributed by atoms with Gasteiger partial charge in [0.05, 0.1) is 5.69 Å². The SMILES string of the molecule is O=C(Cn1ncn2nc(-c3ccc(Br)cc3)cc2c1=O)Nc1ccc(Cl)cc1. The molecule has 0 fully saturated rings. The average Bonchev–Trinajstić information content (AvgIpc) is 3.12. The first kappa shape index (κ1) is 18.4. The summed E-state index contributed by atoms with van der Waals surface area (Å²) in [7, 11) is 0. The maximum atomic E-state index is 12.7. The number of benzene rings is 2. The highest BCUT2D eigenvalue weighted by Crippen LogP contribution is 2.21.